The van der Waals surface area contributed by atoms with Crippen LogP contribution < -0.4 is 5.32 Å². The highest BCUT2D eigenvalue weighted by Crippen LogP contribution is 2.28. The van der Waals surface area contributed by atoms with Crippen molar-refractivity contribution >= 4 is 5.91 Å². The van der Waals surface area contributed by atoms with E-state index in [4.69, 9.17) is 4.74 Å². The first kappa shape index (κ1) is 16.3. The summed E-state index contributed by atoms with van der Waals surface area (Å²) in [6.45, 7) is 1.33. The number of carbonyl (C=O) groups is 1. The number of ether oxygens (including phenoxy) is 1. The highest BCUT2D eigenvalue weighted by molar-refractivity contribution is 5.82. The molecule has 0 saturated heterocycles. The molecule has 1 fully saturated rings. The molecular weight excluding hydrogens is 316 g/mol. The largest absolute Gasteiger partial charge is 0.360 e. The van der Waals surface area contributed by atoms with E-state index < -0.39 is 6.10 Å². The molecule has 6 nitrogen and oxygen atoms in total. The van der Waals surface area contributed by atoms with E-state index in [1.54, 1.807) is 0 Å². The van der Waals surface area contributed by atoms with E-state index in [1.807, 2.05) is 30.3 Å². The van der Waals surface area contributed by atoms with Crippen molar-refractivity contribution < 1.29 is 9.53 Å². The molecule has 1 aromatic heterocycles. The van der Waals surface area contributed by atoms with E-state index in [0.29, 0.717) is 6.54 Å². The Labute approximate surface area is 147 Å². The maximum Gasteiger partial charge on any atom is 0.254 e. The second-order valence-corrected chi connectivity index (χ2v) is 6.84. The smallest absolute Gasteiger partial charge is 0.254 e. The summed E-state index contributed by atoms with van der Waals surface area (Å²) in [7, 11) is 0. The normalized spacial score (nSPS) is 18.2. The molecule has 25 heavy (non-hydrogen) atoms. The molecule has 0 radical (unpaired) electrons. The fraction of sp³-hybridized carbons (Fsp3) is 0.526. The molecule has 1 atom stereocenters. The van der Waals surface area contributed by atoms with Crippen molar-refractivity contribution in [2.45, 2.75) is 63.8 Å². The van der Waals surface area contributed by atoms with E-state index in [1.165, 1.54) is 12.8 Å². The third-order valence-electron chi connectivity index (χ3n) is 5.08. The molecule has 0 bridgehead atoms. The minimum absolute atomic E-state index is 0.103. The molecule has 1 aromatic carbocycles. The van der Waals surface area contributed by atoms with Crippen molar-refractivity contribution in [3.8, 4) is 0 Å². The molecule has 6 heteroatoms. The van der Waals surface area contributed by atoms with E-state index in [9.17, 15) is 4.79 Å². The number of hydrogen-bond donors (Lipinski definition) is 1. The van der Waals surface area contributed by atoms with E-state index in [2.05, 4.69) is 20.1 Å². The molecule has 1 unspecified atom stereocenters. The lowest BCUT2D eigenvalue weighted by molar-refractivity contribution is -0.137. The van der Waals surface area contributed by atoms with Gasteiger partial charge in [-0.1, -0.05) is 43.2 Å². The lowest BCUT2D eigenvalue weighted by atomic mass is 10.1. The topological polar surface area (TPSA) is 69.0 Å². The van der Waals surface area contributed by atoms with Crippen molar-refractivity contribution in [3.05, 3.63) is 47.5 Å². The summed E-state index contributed by atoms with van der Waals surface area (Å²) < 4.78 is 8.27. The zero-order valence-corrected chi connectivity index (χ0v) is 14.4. The highest BCUT2D eigenvalue weighted by Gasteiger charge is 2.27. The molecule has 1 saturated carbocycles. The van der Waals surface area contributed by atoms with Crippen molar-refractivity contribution in [2.24, 2.45) is 0 Å². The van der Waals surface area contributed by atoms with Gasteiger partial charge in [-0.05, 0) is 24.8 Å². The van der Waals surface area contributed by atoms with Crippen molar-refractivity contribution in [3.63, 3.8) is 0 Å². The van der Waals surface area contributed by atoms with Gasteiger partial charge in [-0.25, -0.2) is 0 Å². The molecule has 1 aliphatic heterocycles. The maximum absolute atomic E-state index is 12.8. The molecule has 4 rings (SSSR count). The maximum atomic E-state index is 12.8. The van der Waals surface area contributed by atoms with Gasteiger partial charge in [0.25, 0.3) is 5.91 Å². The number of amides is 1. The van der Waals surface area contributed by atoms with Crippen LogP contribution in [0, 0.1) is 0 Å². The van der Waals surface area contributed by atoms with Crippen molar-refractivity contribution in [2.75, 3.05) is 0 Å². The van der Waals surface area contributed by atoms with Gasteiger partial charge < -0.3 is 14.6 Å². The van der Waals surface area contributed by atoms with Crippen LogP contribution in [0.4, 0.5) is 0 Å². The summed E-state index contributed by atoms with van der Waals surface area (Å²) in [5, 5.41) is 11.4. The van der Waals surface area contributed by atoms with Gasteiger partial charge in [0.15, 0.2) is 11.9 Å². The van der Waals surface area contributed by atoms with E-state index in [-0.39, 0.29) is 12.0 Å². The van der Waals surface area contributed by atoms with Crippen LogP contribution in [0.5, 0.6) is 0 Å². The first-order valence-electron chi connectivity index (χ1n) is 9.20. The molecule has 132 valence electrons. The van der Waals surface area contributed by atoms with E-state index >= 15 is 0 Å². The van der Waals surface area contributed by atoms with Gasteiger partial charge in [0.1, 0.15) is 5.82 Å². The van der Waals surface area contributed by atoms with Crippen LogP contribution in [0.2, 0.25) is 0 Å². The van der Waals surface area contributed by atoms with Gasteiger partial charge in [0, 0.05) is 13.0 Å². The molecule has 1 N–H and O–H groups in total. The number of nitrogens with one attached hydrogen (secondary N) is 1. The van der Waals surface area contributed by atoms with Crippen LogP contribution in [0.3, 0.4) is 0 Å². The van der Waals surface area contributed by atoms with Crippen LogP contribution in [0.15, 0.2) is 30.3 Å². The second kappa shape index (κ2) is 7.35. The Kier molecular flexibility index (Phi) is 4.78. The minimum atomic E-state index is -0.565. The molecule has 2 heterocycles. The number of carbonyl (C=O) groups excluding carboxylic acids is 1. The quantitative estimate of drug-likeness (QED) is 0.877. The predicted molar refractivity (Wildman–Crippen MR) is 92.7 cm³/mol. The van der Waals surface area contributed by atoms with Gasteiger partial charge >= 0.3 is 0 Å². The fourth-order valence-electron chi connectivity index (χ4n) is 3.74. The summed E-state index contributed by atoms with van der Waals surface area (Å²) in [6, 6.07) is 9.74. The highest BCUT2D eigenvalue weighted by atomic mass is 16.5. The summed E-state index contributed by atoms with van der Waals surface area (Å²) in [5.74, 6) is 1.74. The van der Waals surface area contributed by atoms with Gasteiger partial charge in [-0.3, -0.25) is 4.79 Å². The van der Waals surface area contributed by atoms with Gasteiger partial charge in [0.2, 0.25) is 0 Å². The number of aryl methyl sites for hydroxylation is 1. The standard InChI is InChI=1S/C19H24N4O2/c24-19(20-13-17-22-21-16-11-6-12-23(16)17)18(14-7-2-1-3-8-14)25-15-9-4-5-10-15/h1-3,7-8,15,18H,4-6,9-13H2,(H,20,24). The number of nitrogens with zero attached hydrogens (tertiary/aromatic N) is 3. The first-order chi connectivity index (χ1) is 12.3. The number of benzene rings is 1. The first-order valence-corrected chi connectivity index (χ1v) is 9.20. The lowest BCUT2D eigenvalue weighted by Crippen LogP contribution is -2.33. The summed E-state index contributed by atoms with van der Waals surface area (Å²) in [4.78, 5) is 12.8. The number of hydrogen-bond acceptors (Lipinski definition) is 4. The van der Waals surface area contributed by atoms with Crippen LogP contribution in [0.25, 0.3) is 0 Å². The Morgan fingerprint density at radius 1 is 1.20 bits per heavy atom. The lowest BCUT2D eigenvalue weighted by Gasteiger charge is -2.22. The van der Waals surface area contributed by atoms with Crippen molar-refractivity contribution in [1.29, 1.82) is 0 Å². The molecule has 1 aliphatic carbocycles. The Hall–Kier alpha value is -2.21. The average molecular weight is 340 g/mol. The third-order valence-corrected chi connectivity index (χ3v) is 5.08. The van der Waals surface area contributed by atoms with Crippen LogP contribution in [-0.2, 0) is 29.0 Å². The predicted octanol–water partition coefficient (Wildman–Crippen LogP) is 2.54. The molecule has 0 spiro atoms. The third kappa shape index (κ3) is 3.58. The molecule has 2 aliphatic rings. The summed E-state index contributed by atoms with van der Waals surface area (Å²) in [6.07, 6.45) is 6.11. The number of aromatic nitrogens is 3. The zero-order chi connectivity index (χ0) is 17.1. The number of rotatable bonds is 6. The van der Waals surface area contributed by atoms with Gasteiger partial charge in [-0.15, -0.1) is 10.2 Å². The Balaban J connectivity index is 1.45. The summed E-state index contributed by atoms with van der Waals surface area (Å²) >= 11 is 0. The van der Waals surface area contributed by atoms with Gasteiger partial charge in [0.05, 0.1) is 12.6 Å². The Morgan fingerprint density at radius 3 is 2.80 bits per heavy atom. The Morgan fingerprint density at radius 2 is 2.00 bits per heavy atom. The Bertz CT molecular complexity index is 722. The fourth-order valence-corrected chi connectivity index (χ4v) is 3.74. The number of fused-ring (bicyclic) bond motifs is 1. The average Bonchev–Trinajstić information content (AvgIpc) is 3.37. The zero-order valence-electron chi connectivity index (χ0n) is 14.4. The van der Waals surface area contributed by atoms with Crippen LogP contribution >= 0.6 is 0 Å². The molecule has 1 amide bonds. The van der Waals surface area contributed by atoms with Crippen LogP contribution in [0.1, 0.15) is 55.4 Å². The SMILES string of the molecule is O=C(NCc1nnc2n1CCC2)C(OC1CCCC1)c1ccccc1. The van der Waals surface area contributed by atoms with Crippen LogP contribution in [-0.4, -0.2) is 26.8 Å². The second-order valence-electron chi connectivity index (χ2n) is 6.84. The monoisotopic (exact) mass is 340 g/mol. The minimum Gasteiger partial charge on any atom is -0.360 e. The van der Waals surface area contributed by atoms with Crippen molar-refractivity contribution in [1.82, 2.24) is 20.1 Å². The molecular formula is C19H24N4O2. The molecule has 2 aromatic rings. The van der Waals surface area contributed by atoms with Gasteiger partial charge in [-0.2, -0.15) is 0 Å². The van der Waals surface area contributed by atoms with E-state index in [0.717, 1.165) is 49.4 Å². The summed E-state index contributed by atoms with van der Waals surface area (Å²) in [5.41, 5.74) is 0.901.